The number of hydrogen-bond donors (Lipinski definition) is 1. The Morgan fingerprint density at radius 2 is 1.61 bits per heavy atom. The van der Waals surface area contributed by atoms with Crippen molar-refractivity contribution in [1.29, 1.82) is 0 Å². The zero-order valence-corrected chi connectivity index (χ0v) is 20.2. The van der Waals surface area contributed by atoms with E-state index in [0.29, 0.717) is 37.7 Å². The predicted octanol–water partition coefficient (Wildman–Crippen LogP) is 4.34. The molecule has 0 aliphatic heterocycles. The van der Waals surface area contributed by atoms with Gasteiger partial charge in [0.2, 0.25) is 11.8 Å². The molecule has 1 N–H and O–H groups in total. The van der Waals surface area contributed by atoms with Crippen molar-refractivity contribution in [2.75, 3.05) is 20.3 Å². The van der Waals surface area contributed by atoms with Crippen molar-refractivity contribution in [3.05, 3.63) is 58.1 Å². The van der Waals surface area contributed by atoms with Crippen molar-refractivity contribution >= 4 is 27.7 Å². The third-order valence-corrected chi connectivity index (χ3v) is 5.44. The van der Waals surface area contributed by atoms with Crippen molar-refractivity contribution in [2.45, 2.75) is 46.2 Å². The summed E-state index contributed by atoms with van der Waals surface area (Å²) >= 11 is 3.42. The second-order valence-electron chi connectivity index (χ2n) is 7.09. The van der Waals surface area contributed by atoms with Crippen molar-refractivity contribution in [2.24, 2.45) is 0 Å². The molecule has 2 amide bonds. The molecule has 0 saturated carbocycles. The van der Waals surface area contributed by atoms with Crippen LogP contribution in [0.1, 0.15) is 38.3 Å². The molecule has 0 aromatic heterocycles. The summed E-state index contributed by atoms with van der Waals surface area (Å²) in [4.78, 5) is 27.0. The summed E-state index contributed by atoms with van der Waals surface area (Å²) in [5.74, 6) is 1.11. The number of rotatable bonds is 11. The zero-order chi connectivity index (χ0) is 22.8. The molecule has 7 heteroatoms. The van der Waals surface area contributed by atoms with Crippen LogP contribution in [0.15, 0.2) is 46.9 Å². The Morgan fingerprint density at radius 3 is 2.23 bits per heavy atom. The van der Waals surface area contributed by atoms with Gasteiger partial charge in [0, 0.05) is 24.5 Å². The molecule has 1 atom stereocenters. The molecule has 168 valence electrons. The van der Waals surface area contributed by atoms with E-state index < -0.39 is 6.04 Å². The van der Waals surface area contributed by atoms with Crippen LogP contribution in [0.25, 0.3) is 0 Å². The molecule has 0 spiro atoms. The zero-order valence-electron chi connectivity index (χ0n) is 18.6. The maximum Gasteiger partial charge on any atom is 0.242 e. The topological polar surface area (TPSA) is 67.9 Å². The number of benzene rings is 2. The van der Waals surface area contributed by atoms with E-state index in [-0.39, 0.29) is 18.2 Å². The van der Waals surface area contributed by atoms with Crippen LogP contribution in [0, 0.1) is 0 Å². The largest absolute Gasteiger partial charge is 0.490 e. The van der Waals surface area contributed by atoms with Gasteiger partial charge in [0.25, 0.3) is 0 Å². The van der Waals surface area contributed by atoms with Crippen molar-refractivity contribution < 1.29 is 19.1 Å². The normalized spacial score (nSPS) is 11.5. The van der Waals surface area contributed by atoms with E-state index in [1.807, 2.05) is 56.3 Å². The molecule has 2 aromatic carbocycles. The van der Waals surface area contributed by atoms with Crippen LogP contribution in [-0.4, -0.2) is 43.0 Å². The van der Waals surface area contributed by atoms with Crippen LogP contribution in [0.3, 0.4) is 0 Å². The summed E-state index contributed by atoms with van der Waals surface area (Å²) in [6.07, 6.45) is 0.833. The molecule has 0 unspecified atom stereocenters. The molecule has 0 bridgehead atoms. The second kappa shape index (κ2) is 12.3. The summed E-state index contributed by atoms with van der Waals surface area (Å²) in [5.41, 5.74) is 1.95. The fourth-order valence-corrected chi connectivity index (χ4v) is 3.49. The number of likely N-dealkylation sites (N-methyl/N-ethyl adjacent to an activating group) is 1. The average Bonchev–Trinajstić information content (AvgIpc) is 2.77. The summed E-state index contributed by atoms with van der Waals surface area (Å²) in [7, 11) is 1.58. The first-order valence-corrected chi connectivity index (χ1v) is 11.3. The number of amides is 2. The van der Waals surface area contributed by atoms with Crippen LogP contribution < -0.4 is 14.8 Å². The van der Waals surface area contributed by atoms with Gasteiger partial charge in [-0.05, 0) is 62.6 Å². The number of halogens is 1. The Hall–Kier alpha value is -2.54. The van der Waals surface area contributed by atoms with Gasteiger partial charge in [-0.3, -0.25) is 9.59 Å². The first-order chi connectivity index (χ1) is 14.9. The molecule has 0 aliphatic rings. The summed E-state index contributed by atoms with van der Waals surface area (Å²) in [6, 6.07) is 12.9. The molecule has 0 aliphatic carbocycles. The Balaban J connectivity index is 2.14. The van der Waals surface area contributed by atoms with Gasteiger partial charge in [0.1, 0.15) is 6.04 Å². The van der Waals surface area contributed by atoms with Crippen molar-refractivity contribution in [1.82, 2.24) is 10.2 Å². The Labute approximate surface area is 193 Å². The lowest BCUT2D eigenvalue weighted by Crippen LogP contribution is -2.46. The minimum Gasteiger partial charge on any atom is -0.490 e. The number of nitrogens with zero attached hydrogens (tertiary/aromatic N) is 1. The van der Waals surface area contributed by atoms with Gasteiger partial charge in [-0.25, -0.2) is 0 Å². The molecule has 0 fully saturated rings. The Bertz CT molecular complexity index is 870. The van der Waals surface area contributed by atoms with E-state index in [4.69, 9.17) is 9.47 Å². The standard InChI is InChI=1S/C24H31BrN2O4/c1-5-30-21-13-9-18(15-22(21)31-6-2)10-14-23(28)27(17(3)24(29)26-4)16-19-7-11-20(25)12-8-19/h7-9,11-13,15,17H,5-6,10,14,16H2,1-4H3,(H,26,29)/t17-/m0/s1. The van der Waals surface area contributed by atoms with E-state index in [1.54, 1.807) is 18.9 Å². The van der Waals surface area contributed by atoms with Gasteiger partial charge in [0.05, 0.1) is 13.2 Å². The van der Waals surface area contributed by atoms with Gasteiger partial charge in [-0.1, -0.05) is 34.1 Å². The van der Waals surface area contributed by atoms with E-state index in [0.717, 1.165) is 15.6 Å². The first-order valence-electron chi connectivity index (χ1n) is 10.5. The van der Waals surface area contributed by atoms with Gasteiger partial charge in [0.15, 0.2) is 11.5 Å². The quantitative estimate of drug-likeness (QED) is 0.508. The maximum absolute atomic E-state index is 13.1. The number of carbonyl (C=O) groups is 2. The highest BCUT2D eigenvalue weighted by atomic mass is 79.9. The van der Waals surface area contributed by atoms with Gasteiger partial charge in [-0.2, -0.15) is 0 Å². The highest BCUT2D eigenvalue weighted by molar-refractivity contribution is 9.10. The monoisotopic (exact) mass is 490 g/mol. The predicted molar refractivity (Wildman–Crippen MR) is 125 cm³/mol. The molecule has 2 aromatic rings. The fraction of sp³-hybridized carbons (Fsp3) is 0.417. The molecular weight excluding hydrogens is 460 g/mol. The lowest BCUT2D eigenvalue weighted by Gasteiger charge is -2.28. The molecule has 0 saturated heterocycles. The summed E-state index contributed by atoms with van der Waals surface area (Å²) in [5, 5.41) is 2.64. The van der Waals surface area contributed by atoms with Crippen LogP contribution in [0.2, 0.25) is 0 Å². The Kier molecular flexibility index (Phi) is 9.85. The number of hydrogen-bond acceptors (Lipinski definition) is 4. The van der Waals surface area contributed by atoms with Crippen LogP contribution >= 0.6 is 15.9 Å². The van der Waals surface area contributed by atoms with E-state index in [2.05, 4.69) is 21.2 Å². The molecule has 31 heavy (non-hydrogen) atoms. The smallest absolute Gasteiger partial charge is 0.242 e. The van der Waals surface area contributed by atoms with E-state index in [1.165, 1.54) is 0 Å². The number of nitrogens with one attached hydrogen (secondary N) is 1. The highest BCUT2D eigenvalue weighted by Crippen LogP contribution is 2.29. The number of aryl methyl sites for hydroxylation is 1. The minimum atomic E-state index is -0.569. The van der Waals surface area contributed by atoms with Crippen LogP contribution in [0.4, 0.5) is 0 Å². The van der Waals surface area contributed by atoms with Gasteiger partial charge in [-0.15, -0.1) is 0 Å². The number of carbonyl (C=O) groups excluding carboxylic acids is 2. The SMILES string of the molecule is CCOc1ccc(CCC(=O)N(Cc2ccc(Br)cc2)[C@@H](C)C(=O)NC)cc1OCC. The lowest BCUT2D eigenvalue weighted by atomic mass is 10.1. The highest BCUT2D eigenvalue weighted by Gasteiger charge is 2.25. The maximum atomic E-state index is 13.1. The van der Waals surface area contributed by atoms with E-state index in [9.17, 15) is 9.59 Å². The molecule has 2 rings (SSSR count). The van der Waals surface area contributed by atoms with Crippen LogP contribution in [-0.2, 0) is 22.6 Å². The van der Waals surface area contributed by atoms with Crippen molar-refractivity contribution in [3.8, 4) is 11.5 Å². The van der Waals surface area contributed by atoms with Gasteiger partial charge >= 0.3 is 0 Å². The summed E-state index contributed by atoms with van der Waals surface area (Å²) < 4.78 is 12.3. The molecule has 0 heterocycles. The average molecular weight is 491 g/mol. The summed E-state index contributed by atoms with van der Waals surface area (Å²) in [6.45, 7) is 7.06. The number of ether oxygens (including phenoxy) is 2. The minimum absolute atomic E-state index is 0.0779. The molecule has 0 radical (unpaired) electrons. The van der Waals surface area contributed by atoms with Gasteiger partial charge < -0.3 is 19.7 Å². The fourth-order valence-electron chi connectivity index (χ4n) is 3.22. The second-order valence-corrected chi connectivity index (χ2v) is 8.00. The third-order valence-electron chi connectivity index (χ3n) is 4.92. The van der Waals surface area contributed by atoms with E-state index >= 15 is 0 Å². The lowest BCUT2D eigenvalue weighted by molar-refractivity contribution is -0.140. The Morgan fingerprint density at radius 1 is 1.00 bits per heavy atom. The van der Waals surface area contributed by atoms with Crippen molar-refractivity contribution in [3.63, 3.8) is 0 Å². The first kappa shape index (κ1) is 24.7. The molecule has 6 nitrogen and oxygen atoms in total. The third kappa shape index (κ3) is 7.28. The van der Waals surface area contributed by atoms with Crippen LogP contribution in [0.5, 0.6) is 11.5 Å². The molecular formula is C24H31BrN2O4.